The Morgan fingerprint density at radius 2 is 2.09 bits per heavy atom. The summed E-state index contributed by atoms with van der Waals surface area (Å²) in [6, 6.07) is 2.93. The fraction of sp³-hybridized carbons (Fsp3) is 1.00. The highest BCUT2D eigenvalue weighted by Gasteiger charge is 2.22. The monoisotopic (exact) mass is 172 g/mol. The topological polar surface area (TPSA) is 9.23 Å². The molecule has 2 heteroatoms. The van der Waals surface area contributed by atoms with Crippen LogP contribution in [0.4, 0.5) is 0 Å². The molecule has 1 saturated heterocycles. The van der Waals surface area contributed by atoms with Gasteiger partial charge in [-0.15, -0.1) is 0 Å². The zero-order chi connectivity index (χ0) is 8.10. The van der Waals surface area contributed by atoms with Crippen molar-refractivity contribution in [2.75, 3.05) is 13.2 Å². The predicted molar refractivity (Wildman–Crippen MR) is 51.9 cm³/mol. The normalized spacial score (nSPS) is 25.9. The van der Waals surface area contributed by atoms with Gasteiger partial charge >= 0.3 is 0 Å². The van der Waals surface area contributed by atoms with Crippen LogP contribution >= 0.6 is 0 Å². The average Bonchev–Trinajstić information content (AvgIpc) is 2.09. The summed E-state index contributed by atoms with van der Waals surface area (Å²) in [6.07, 6.45) is 2.77. The van der Waals surface area contributed by atoms with Crippen LogP contribution < -0.4 is 0 Å². The standard InChI is InChI=1S/C9H20OSi/c1-3-11(4-2)9-6-5-7-10-8-9/h9,11H,3-8H2,1-2H3. The summed E-state index contributed by atoms with van der Waals surface area (Å²) in [4.78, 5) is 0. The van der Waals surface area contributed by atoms with Crippen molar-refractivity contribution in [2.45, 2.75) is 44.3 Å². The molecule has 0 aromatic rings. The van der Waals surface area contributed by atoms with Crippen LogP contribution in [0.25, 0.3) is 0 Å². The molecule has 1 aliphatic rings. The van der Waals surface area contributed by atoms with Crippen LogP contribution in [0.2, 0.25) is 17.6 Å². The highest BCUT2D eigenvalue weighted by atomic mass is 28.3. The number of ether oxygens (including phenoxy) is 1. The van der Waals surface area contributed by atoms with Crippen LogP contribution in [0.3, 0.4) is 0 Å². The van der Waals surface area contributed by atoms with Gasteiger partial charge in [0.05, 0.1) is 0 Å². The smallest absolute Gasteiger partial charge is 0.0468 e. The molecule has 0 spiro atoms. The average molecular weight is 172 g/mol. The number of rotatable bonds is 3. The maximum Gasteiger partial charge on any atom is 0.0468 e. The quantitative estimate of drug-likeness (QED) is 0.594. The molecule has 0 saturated carbocycles. The minimum Gasteiger partial charge on any atom is -0.381 e. The molecule has 0 aliphatic carbocycles. The molecule has 1 heterocycles. The van der Waals surface area contributed by atoms with Gasteiger partial charge in [-0.2, -0.15) is 0 Å². The van der Waals surface area contributed by atoms with E-state index < -0.39 is 8.80 Å². The van der Waals surface area contributed by atoms with Gasteiger partial charge in [-0.1, -0.05) is 25.9 Å². The minimum atomic E-state index is -0.398. The van der Waals surface area contributed by atoms with Crippen molar-refractivity contribution in [2.24, 2.45) is 0 Å². The number of hydrogen-bond acceptors (Lipinski definition) is 1. The van der Waals surface area contributed by atoms with E-state index in [0.29, 0.717) is 0 Å². The summed E-state index contributed by atoms with van der Waals surface area (Å²) in [6.45, 7) is 6.81. The molecule has 0 aromatic heterocycles. The first-order chi connectivity index (χ1) is 5.38. The Kier molecular flexibility index (Phi) is 4.16. The molecule has 66 valence electrons. The van der Waals surface area contributed by atoms with E-state index >= 15 is 0 Å². The molecule has 0 N–H and O–H groups in total. The second-order valence-electron chi connectivity index (χ2n) is 3.55. The third kappa shape index (κ3) is 2.60. The first kappa shape index (κ1) is 9.27. The van der Waals surface area contributed by atoms with Gasteiger partial charge in [0.25, 0.3) is 0 Å². The van der Waals surface area contributed by atoms with Gasteiger partial charge in [-0.05, 0) is 18.4 Å². The highest BCUT2D eigenvalue weighted by Crippen LogP contribution is 2.26. The van der Waals surface area contributed by atoms with Crippen LogP contribution in [0.1, 0.15) is 26.7 Å². The van der Waals surface area contributed by atoms with E-state index in [-0.39, 0.29) is 0 Å². The Bertz CT molecular complexity index is 95.7. The zero-order valence-corrected chi connectivity index (χ0v) is 8.96. The van der Waals surface area contributed by atoms with Crippen LogP contribution in [-0.2, 0) is 4.74 Å². The first-order valence-electron chi connectivity index (χ1n) is 4.96. The van der Waals surface area contributed by atoms with E-state index in [2.05, 4.69) is 13.8 Å². The van der Waals surface area contributed by atoms with Crippen molar-refractivity contribution in [1.29, 1.82) is 0 Å². The van der Waals surface area contributed by atoms with E-state index in [1.165, 1.54) is 24.9 Å². The van der Waals surface area contributed by atoms with E-state index in [1.807, 2.05) is 0 Å². The highest BCUT2D eigenvalue weighted by molar-refractivity contribution is 6.60. The van der Waals surface area contributed by atoms with Crippen LogP contribution in [-0.4, -0.2) is 22.0 Å². The van der Waals surface area contributed by atoms with Gasteiger partial charge in [-0.3, -0.25) is 0 Å². The summed E-state index contributed by atoms with van der Waals surface area (Å²) >= 11 is 0. The molecule has 1 rings (SSSR count). The maximum absolute atomic E-state index is 5.50. The van der Waals surface area contributed by atoms with Gasteiger partial charge in [0.15, 0.2) is 0 Å². The lowest BCUT2D eigenvalue weighted by Gasteiger charge is -2.27. The first-order valence-corrected chi connectivity index (χ1v) is 7.26. The van der Waals surface area contributed by atoms with Gasteiger partial charge in [0, 0.05) is 22.0 Å². The predicted octanol–water partition coefficient (Wildman–Crippen LogP) is 2.43. The fourth-order valence-electron chi connectivity index (χ4n) is 2.09. The number of hydrogen-bond donors (Lipinski definition) is 0. The van der Waals surface area contributed by atoms with Crippen LogP contribution in [0.5, 0.6) is 0 Å². The van der Waals surface area contributed by atoms with E-state index in [9.17, 15) is 0 Å². The second kappa shape index (κ2) is 4.94. The second-order valence-corrected chi connectivity index (χ2v) is 7.65. The molecule has 0 aromatic carbocycles. The maximum atomic E-state index is 5.50. The molecule has 11 heavy (non-hydrogen) atoms. The molecule has 0 radical (unpaired) electrons. The van der Waals surface area contributed by atoms with Crippen LogP contribution in [0, 0.1) is 0 Å². The Hall–Kier alpha value is 0.177. The molecule has 1 unspecified atom stereocenters. The van der Waals surface area contributed by atoms with Crippen molar-refractivity contribution in [3.63, 3.8) is 0 Å². The van der Waals surface area contributed by atoms with Crippen LogP contribution in [0.15, 0.2) is 0 Å². The SMILES string of the molecule is CC[SiH](CC)C1CCCOC1. The third-order valence-corrected chi connectivity index (χ3v) is 6.87. The van der Waals surface area contributed by atoms with E-state index in [4.69, 9.17) is 4.74 Å². The van der Waals surface area contributed by atoms with Gasteiger partial charge in [0.1, 0.15) is 0 Å². The van der Waals surface area contributed by atoms with E-state index in [0.717, 1.165) is 18.8 Å². The molecule has 1 aliphatic heterocycles. The van der Waals surface area contributed by atoms with Crippen molar-refractivity contribution in [3.05, 3.63) is 0 Å². The summed E-state index contributed by atoms with van der Waals surface area (Å²) in [5.41, 5.74) is 0.999. The third-order valence-electron chi connectivity index (χ3n) is 2.91. The molecular weight excluding hydrogens is 152 g/mol. The Balaban J connectivity index is 2.30. The van der Waals surface area contributed by atoms with Crippen molar-refractivity contribution in [3.8, 4) is 0 Å². The molecular formula is C9H20OSi. The Morgan fingerprint density at radius 3 is 2.55 bits per heavy atom. The minimum absolute atomic E-state index is 0.398. The van der Waals surface area contributed by atoms with Gasteiger partial charge in [0.2, 0.25) is 0 Å². The fourth-order valence-corrected chi connectivity index (χ4v) is 5.12. The largest absolute Gasteiger partial charge is 0.381 e. The summed E-state index contributed by atoms with van der Waals surface area (Å²) in [5.74, 6) is 0. The van der Waals surface area contributed by atoms with Crippen molar-refractivity contribution in [1.82, 2.24) is 0 Å². The molecule has 0 bridgehead atoms. The molecule has 1 atom stereocenters. The zero-order valence-electron chi connectivity index (χ0n) is 7.81. The Labute approximate surface area is 71.7 Å². The Morgan fingerprint density at radius 1 is 1.36 bits per heavy atom. The molecule has 0 amide bonds. The van der Waals surface area contributed by atoms with E-state index in [1.54, 1.807) is 0 Å². The van der Waals surface area contributed by atoms with Gasteiger partial charge in [-0.25, -0.2) is 0 Å². The lowest BCUT2D eigenvalue weighted by molar-refractivity contribution is 0.0957. The molecule has 1 nitrogen and oxygen atoms in total. The lowest BCUT2D eigenvalue weighted by atomic mass is 10.2. The lowest BCUT2D eigenvalue weighted by Crippen LogP contribution is -2.26. The van der Waals surface area contributed by atoms with Crippen molar-refractivity contribution < 1.29 is 4.74 Å². The summed E-state index contributed by atoms with van der Waals surface area (Å²) in [5, 5.41) is 0. The van der Waals surface area contributed by atoms with Crippen molar-refractivity contribution >= 4 is 8.80 Å². The summed E-state index contributed by atoms with van der Waals surface area (Å²) < 4.78 is 5.50. The summed E-state index contributed by atoms with van der Waals surface area (Å²) in [7, 11) is -0.398. The molecule has 1 fully saturated rings. The van der Waals surface area contributed by atoms with Gasteiger partial charge < -0.3 is 4.74 Å².